The number of carbonyl (C=O) groups excluding carboxylic acids is 1. The summed E-state index contributed by atoms with van der Waals surface area (Å²) in [5, 5.41) is 0. The SMILES string of the molecule is CCCCOc1ccc(OCC(=O)N(CC[NH+](CC)CC)c2cccc(OCC)c2)cc1.[Cl-]. The number of ether oxygens (including phenoxy) is 3. The molecule has 6 nitrogen and oxygen atoms in total. The highest BCUT2D eigenvalue weighted by molar-refractivity contribution is 5.94. The summed E-state index contributed by atoms with van der Waals surface area (Å²) in [6.45, 7) is 13.2. The van der Waals surface area contributed by atoms with Gasteiger partial charge in [-0.05, 0) is 63.6 Å². The molecule has 7 heteroatoms. The molecule has 2 rings (SSSR count). The Bertz CT molecular complexity index is 797. The van der Waals surface area contributed by atoms with Gasteiger partial charge in [-0.25, -0.2) is 0 Å². The Morgan fingerprint density at radius 1 is 0.879 bits per heavy atom. The Balaban J connectivity index is 0.00000544. The van der Waals surface area contributed by atoms with E-state index >= 15 is 0 Å². The number of quaternary nitrogens is 1. The summed E-state index contributed by atoms with van der Waals surface area (Å²) < 4.78 is 17.1. The third-order valence-electron chi connectivity index (χ3n) is 5.38. The van der Waals surface area contributed by atoms with Crippen LogP contribution in [0, 0.1) is 0 Å². The summed E-state index contributed by atoms with van der Waals surface area (Å²) in [6, 6.07) is 15.1. The molecule has 184 valence electrons. The van der Waals surface area contributed by atoms with Gasteiger partial charge >= 0.3 is 0 Å². The van der Waals surface area contributed by atoms with Gasteiger partial charge in [0, 0.05) is 11.8 Å². The fourth-order valence-corrected chi connectivity index (χ4v) is 3.37. The number of benzene rings is 2. The summed E-state index contributed by atoms with van der Waals surface area (Å²) >= 11 is 0. The average molecular weight is 479 g/mol. The second kappa shape index (κ2) is 16.2. The van der Waals surface area contributed by atoms with Crippen molar-refractivity contribution < 1.29 is 36.3 Å². The molecule has 0 saturated heterocycles. The Hall–Kier alpha value is -2.44. The van der Waals surface area contributed by atoms with E-state index in [9.17, 15) is 4.79 Å². The first kappa shape index (κ1) is 28.6. The zero-order chi connectivity index (χ0) is 23.2. The summed E-state index contributed by atoms with van der Waals surface area (Å²) in [7, 11) is 0. The highest BCUT2D eigenvalue weighted by Crippen LogP contribution is 2.22. The molecule has 0 unspecified atom stereocenters. The van der Waals surface area contributed by atoms with Crippen LogP contribution in [0.5, 0.6) is 17.2 Å². The lowest BCUT2D eigenvalue weighted by atomic mass is 10.2. The molecule has 1 N–H and O–H groups in total. The minimum absolute atomic E-state index is 0. The largest absolute Gasteiger partial charge is 1.00 e. The maximum Gasteiger partial charge on any atom is 0.265 e. The number of likely N-dealkylation sites (N-methyl/N-ethyl adjacent to an activating group) is 1. The number of hydrogen-bond donors (Lipinski definition) is 1. The topological polar surface area (TPSA) is 52.4 Å². The van der Waals surface area contributed by atoms with Gasteiger partial charge in [0.1, 0.15) is 17.2 Å². The molecule has 0 aliphatic heterocycles. The molecule has 0 bridgehead atoms. The van der Waals surface area contributed by atoms with Gasteiger partial charge in [0.05, 0.1) is 39.4 Å². The molecule has 0 fully saturated rings. The maximum absolute atomic E-state index is 13.1. The van der Waals surface area contributed by atoms with E-state index in [1.54, 1.807) is 4.90 Å². The van der Waals surface area contributed by atoms with E-state index in [1.807, 2.05) is 55.5 Å². The van der Waals surface area contributed by atoms with E-state index in [0.717, 1.165) is 49.7 Å². The predicted molar refractivity (Wildman–Crippen MR) is 129 cm³/mol. The molecule has 2 aromatic carbocycles. The van der Waals surface area contributed by atoms with Crippen molar-refractivity contribution in [1.82, 2.24) is 0 Å². The summed E-state index contributed by atoms with van der Waals surface area (Å²) in [5.41, 5.74) is 0.829. The van der Waals surface area contributed by atoms with Crippen LogP contribution in [0.25, 0.3) is 0 Å². The van der Waals surface area contributed by atoms with E-state index in [4.69, 9.17) is 14.2 Å². The molecule has 0 aliphatic carbocycles. The molecule has 0 spiro atoms. The van der Waals surface area contributed by atoms with Crippen molar-refractivity contribution in [1.29, 1.82) is 0 Å². The van der Waals surface area contributed by atoms with E-state index in [0.29, 0.717) is 25.5 Å². The van der Waals surface area contributed by atoms with Crippen molar-refractivity contribution in [3.63, 3.8) is 0 Å². The number of anilines is 1. The van der Waals surface area contributed by atoms with Crippen molar-refractivity contribution in [2.45, 2.75) is 40.5 Å². The number of unbranched alkanes of at least 4 members (excludes halogenated alkanes) is 1. The molecule has 33 heavy (non-hydrogen) atoms. The number of rotatable bonds is 15. The van der Waals surface area contributed by atoms with Crippen LogP contribution in [0.4, 0.5) is 5.69 Å². The van der Waals surface area contributed by atoms with E-state index < -0.39 is 0 Å². The van der Waals surface area contributed by atoms with Crippen LogP contribution in [0.3, 0.4) is 0 Å². The van der Waals surface area contributed by atoms with Crippen molar-refractivity contribution in [2.24, 2.45) is 0 Å². The summed E-state index contributed by atoms with van der Waals surface area (Å²) in [5.74, 6) is 2.15. The molecule has 0 heterocycles. The quantitative estimate of drug-likeness (QED) is 0.381. The zero-order valence-corrected chi connectivity index (χ0v) is 21.2. The second-order valence-electron chi connectivity index (χ2n) is 7.64. The Morgan fingerprint density at radius 3 is 2.15 bits per heavy atom. The van der Waals surface area contributed by atoms with Gasteiger partial charge in [-0.1, -0.05) is 19.4 Å². The minimum Gasteiger partial charge on any atom is -1.00 e. The number of carbonyl (C=O) groups is 1. The van der Waals surface area contributed by atoms with Crippen LogP contribution < -0.4 is 36.4 Å². The van der Waals surface area contributed by atoms with Crippen LogP contribution in [0.1, 0.15) is 40.5 Å². The van der Waals surface area contributed by atoms with Gasteiger partial charge in [0.2, 0.25) is 0 Å². The van der Waals surface area contributed by atoms with Crippen molar-refractivity contribution in [3.05, 3.63) is 48.5 Å². The molecule has 0 saturated carbocycles. The third-order valence-corrected chi connectivity index (χ3v) is 5.38. The van der Waals surface area contributed by atoms with E-state index in [2.05, 4.69) is 20.8 Å². The fraction of sp³-hybridized carbons (Fsp3) is 0.500. The smallest absolute Gasteiger partial charge is 0.265 e. The first-order valence-electron chi connectivity index (χ1n) is 11.8. The maximum atomic E-state index is 13.1. The van der Waals surface area contributed by atoms with Crippen LogP contribution in [0.2, 0.25) is 0 Å². The molecule has 0 aliphatic rings. The van der Waals surface area contributed by atoms with Gasteiger partial charge in [0.15, 0.2) is 6.61 Å². The number of nitrogens with zero attached hydrogens (tertiary/aromatic N) is 1. The molecule has 0 aromatic heterocycles. The second-order valence-corrected chi connectivity index (χ2v) is 7.64. The van der Waals surface area contributed by atoms with Crippen LogP contribution in [-0.2, 0) is 4.79 Å². The lowest BCUT2D eigenvalue weighted by molar-refractivity contribution is -0.894. The van der Waals surface area contributed by atoms with Crippen LogP contribution in [0.15, 0.2) is 48.5 Å². The lowest BCUT2D eigenvalue weighted by Crippen LogP contribution is -3.12. The fourth-order valence-electron chi connectivity index (χ4n) is 3.37. The van der Waals surface area contributed by atoms with Gasteiger partial charge in [-0.3, -0.25) is 4.79 Å². The van der Waals surface area contributed by atoms with Gasteiger partial charge < -0.3 is 36.4 Å². The zero-order valence-electron chi connectivity index (χ0n) is 20.4. The number of nitrogens with one attached hydrogen (secondary N) is 1. The van der Waals surface area contributed by atoms with Crippen molar-refractivity contribution in [2.75, 3.05) is 50.9 Å². The van der Waals surface area contributed by atoms with E-state index in [1.165, 1.54) is 4.90 Å². The first-order chi connectivity index (χ1) is 15.6. The number of halogens is 1. The van der Waals surface area contributed by atoms with Crippen LogP contribution in [-0.4, -0.2) is 51.9 Å². The molecule has 0 atom stereocenters. The van der Waals surface area contributed by atoms with Gasteiger partial charge in [0.25, 0.3) is 5.91 Å². The molecule has 1 amide bonds. The first-order valence-corrected chi connectivity index (χ1v) is 11.8. The minimum atomic E-state index is -0.0755. The Labute approximate surface area is 205 Å². The summed E-state index contributed by atoms with van der Waals surface area (Å²) in [4.78, 5) is 16.4. The Kier molecular flexibility index (Phi) is 14.1. The highest BCUT2D eigenvalue weighted by atomic mass is 35.5. The van der Waals surface area contributed by atoms with Gasteiger partial charge in [-0.2, -0.15) is 0 Å². The number of hydrogen-bond acceptors (Lipinski definition) is 4. The standard InChI is InChI=1S/C26H38N2O4.ClH/c1-5-9-19-31-23-13-15-24(16-14-23)32-21-26(29)28(18-17-27(6-2)7-3)22-11-10-12-25(20-22)30-8-4;/h10-16,20H,5-9,17-19,21H2,1-4H3;1H. The van der Waals surface area contributed by atoms with Gasteiger partial charge in [-0.15, -0.1) is 0 Å². The van der Waals surface area contributed by atoms with E-state index in [-0.39, 0.29) is 24.9 Å². The van der Waals surface area contributed by atoms with Crippen molar-refractivity contribution in [3.8, 4) is 17.2 Å². The lowest BCUT2D eigenvalue weighted by Gasteiger charge is -2.25. The van der Waals surface area contributed by atoms with Crippen molar-refractivity contribution >= 4 is 11.6 Å². The third kappa shape index (κ3) is 9.93. The molecular weight excluding hydrogens is 440 g/mol. The predicted octanol–water partition coefficient (Wildman–Crippen LogP) is 0.605. The summed E-state index contributed by atoms with van der Waals surface area (Å²) in [6.07, 6.45) is 2.13. The monoisotopic (exact) mass is 478 g/mol. The highest BCUT2D eigenvalue weighted by Gasteiger charge is 2.19. The molecular formula is C26H39ClN2O4. The van der Waals surface area contributed by atoms with Crippen LogP contribution >= 0.6 is 0 Å². The normalized spacial score (nSPS) is 10.5. The molecule has 0 radical (unpaired) electrons. The molecule has 2 aromatic rings. The number of amides is 1. The Morgan fingerprint density at radius 2 is 1.55 bits per heavy atom. The average Bonchev–Trinajstić information content (AvgIpc) is 2.82.